The fourth-order valence-electron chi connectivity index (χ4n) is 6.50. The quantitative estimate of drug-likeness (QED) is 0.102. The molecule has 0 saturated carbocycles. The van der Waals surface area contributed by atoms with Crippen LogP contribution in [0, 0.1) is 20.2 Å². The number of rotatable bonds is 7. The van der Waals surface area contributed by atoms with E-state index in [1.165, 1.54) is 51.2 Å². The highest BCUT2D eigenvalue weighted by Crippen LogP contribution is 2.44. The summed E-state index contributed by atoms with van der Waals surface area (Å²) < 4.78 is 0. The van der Waals surface area contributed by atoms with E-state index >= 15 is 0 Å². The Balaban J connectivity index is 1.26. The summed E-state index contributed by atoms with van der Waals surface area (Å²) in [7, 11) is 0. The zero-order valence-corrected chi connectivity index (χ0v) is 24.9. The first-order valence-electron chi connectivity index (χ1n) is 15.1. The van der Waals surface area contributed by atoms with Crippen LogP contribution in [0.3, 0.4) is 0 Å². The third-order valence-electron chi connectivity index (χ3n) is 8.82. The zero-order chi connectivity index (χ0) is 32.1. The molecule has 7 nitrogen and oxygen atoms in total. The van der Waals surface area contributed by atoms with Crippen molar-refractivity contribution in [3.8, 4) is 22.3 Å². The molecule has 8 rings (SSSR count). The van der Waals surface area contributed by atoms with Crippen molar-refractivity contribution in [1.29, 1.82) is 0 Å². The first kappa shape index (κ1) is 27.9. The van der Waals surface area contributed by atoms with Crippen molar-refractivity contribution in [2.24, 2.45) is 0 Å². The van der Waals surface area contributed by atoms with Crippen LogP contribution < -0.4 is 4.90 Å². The summed E-state index contributed by atoms with van der Waals surface area (Å²) in [6.45, 7) is 0. The van der Waals surface area contributed by atoms with E-state index in [0.717, 1.165) is 44.7 Å². The van der Waals surface area contributed by atoms with Crippen LogP contribution >= 0.6 is 0 Å². The van der Waals surface area contributed by atoms with Gasteiger partial charge in [-0.2, -0.15) is 0 Å². The Bertz CT molecular complexity index is 2320. The summed E-state index contributed by atoms with van der Waals surface area (Å²) in [5.74, 6) is 0. The minimum atomic E-state index is -0.395. The summed E-state index contributed by atoms with van der Waals surface area (Å²) in [4.78, 5) is 23.8. The number of nitrogens with zero attached hydrogens (tertiary/aromatic N) is 3. The molecule has 0 saturated heterocycles. The Hall–Kier alpha value is -6.60. The van der Waals surface area contributed by atoms with Gasteiger partial charge in [0.2, 0.25) is 0 Å². The molecular formula is C40H25N3O4. The Morgan fingerprint density at radius 2 is 0.787 bits per heavy atom. The minimum absolute atomic E-state index is 0.0581. The van der Waals surface area contributed by atoms with Crippen molar-refractivity contribution in [2.75, 3.05) is 4.90 Å². The van der Waals surface area contributed by atoms with Crippen molar-refractivity contribution in [1.82, 2.24) is 0 Å². The summed E-state index contributed by atoms with van der Waals surface area (Å²) in [5, 5.41) is 29.5. The van der Waals surface area contributed by atoms with Crippen LogP contribution in [0.2, 0.25) is 0 Å². The van der Waals surface area contributed by atoms with E-state index in [0.29, 0.717) is 0 Å². The van der Waals surface area contributed by atoms with Crippen molar-refractivity contribution < 1.29 is 9.85 Å². The summed E-state index contributed by atoms with van der Waals surface area (Å²) in [6, 6.07) is 49.0. The Kier molecular flexibility index (Phi) is 6.58. The van der Waals surface area contributed by atoms with Gasteiger partial charge in [0, 0.05) is 41.0 Å². The SMILES string of the molecule is O=[N+]([O-])c1ccc(-c2ccc(N(c3ccc(-c4ccc([N+](=O)[O-])cc4)cc3)c3ccc4ccc5cccc6ccc3c4c56)cc2)cc1. The average Bonchev–Trinajstić information content (AvgIpc) is 3.12. The molecule has 0 N–H and O–H groups in total. The van der Waals surface area contributed by atoms with Gasteiger partial charge >= 0.3 is 0 Å². The molecule has 0 heterocycles. The van der Waals surface area contributed by atoms with Gasteiger partial charge in [-0.25, -0.2) is 0 Å². The molecule has 0 aliphatic heterocycles. The number of nitro benzene ring substituents is 2. The fraction of sp³-hybridized carbons (Fsp3) is 0. The summed E-state index contributed by atoms with van der Waals surface area (Å²) in [5.41, 5.74) is 6.74. The predicted octanol–water partition coefficient (Wildman–Crippen LogP) is 11.2. The van der Waals surface area contributed by atoms with E-state index in [4.69, 9.17) is 0 Å². The minimum Gasteiger partial charge on any atom is -0.310 e. The van der Waals surface area contributed by atoms with Gasteiger partial charge in [-0.1, -0.05) is 72.8 Å². The van der Waals surface area contributed by atoms with Gasteiger partial charge in [0.05, 0.1) is 15.5 Å². The molecule has 224 valence electrons. The predicted molar refractivity (Wildman–Crippen MR) is 189 cm³/mol. The normalized spacial score (nSPS) is 11.3. The van der Waals surface area contributed by atoms with Crippen LogP contribution in [-0.4, -0.2) is 9.85 Å². The van der Waals surface area contributed by atoms with Crippen LogP contribution in [0.15, 0.2) is 152 Å². The molecule has 7 heteroatoms. The highest BCUT2D eigenvalue weighted by atomic mass is 16.6. The number of benzene rings is 8. The summed E-state index contributed by atoms with van der Waals surface area (Å²) >= 11 is 0. The average molecular weight is 612 g/mol. The van der Waals surface area contributed by atoms with Crippen molar-refractivity contribution in [2.45, 2.75) is 0 Å². The maximum absolute atomic E-state index is 11.2. The van der Waals surface area contributed by atoms with Gasteiger partial charge in [-0.15, -0.1) is 0 Å². The van der Waals surface area contributed by atoms with Crippen molar-refractivity contribution in [3.05, 3.63) is 172 Å². The van der Waals surface area contributed by atoms with Crippen LogP contribution in [0.1, 0.15) is 0 Å². The third kappa shape index (κ3) is 4.87. The largest absolute Gasteiger partial charge is 0.310 e. The number of anilines is 3. The molecule has 0 aliphatic rings. The highest BCUT2D eigenvalue weighted by Gasteiger charge is 2.19. The molecule has 0 radical (unpaired) electrons. The number of non-ortho nitro benzene ring substituents is 2. The molecule has 0 amide bonds. The second-order valence-corrected chi connectivity index (χ2v) is 11.5. The molecule has 0 unspecified atom stereocenters. The van der Waals surface area contributed by atoms with Gasteiger partial charge in [0.25, 0.3) is 11.4 Å². The first-order valence-corrected chi connectivity index (χ1v) is 15.1. The van der Waals surface area contributed by atoms with Crippen molar-refractivity contribution >= 4 is 60.8 Å². The third-order valence-corrected chi connectivity index (χ3v) is 8.82. The van der Waals surface area contributed by atoms with E-state index in [1.54, 1.807) is 24.3 Å². The smallest absolute Gasteiger partial charge is 0.269 e. The van der Waals surface area contributed by atoms with Gasteiger partial charge in [0.15, 0.2) is 0 Å². The second kappa shape index (κ2) is 11.1. The monoisotopic (exact) mass is 611 g/mol. The lowest BCUT2D eigenvalue weighted by atomic mass is 9.93. The highest BCUT2D eigenvalue weighted by molar-refractivity contribution is 6.25. The molecule has 0 atom stereocenters. The van der Waals surface area contributed by atoms with Crippen LogP contribution in [0.25, 0.3) is 54.6 Å². The number of hydrogen-bond acceptors (Lipinski definition) is 5. The number of nitro groups is 2. The maximum atomic E-state index is 11.2. The molecule has 0 aliphatic carbocycles. The molecular weight excluding hydrogens is 586 g/mol. The topological polar surface area (TPSA) is 89.5 Å². The molecule has 0 aromatic heterocycles. The van der Waals surface area contributed by atoms with Gasteiger partial charge in [0.1, 0.15) is 0 Å². The lowest BCUT2D eigenvalue weighted by molar-refractivity contribution is -0.385. The van der Waals surface area contributed by atoms with E-state index in [1.807, 2.05) is 24.3 Å². The Labute approximate surface area is 269 Å². The lowest BCUT2D eigenvalue weighted by Gasteiger charge is -2.28. The molecule has 8 aromatic carbocycles. The zero-order valence-electron chi connectivity index (χ0n) is 24.9. The van der Waals surface area contributed by atoms with Gasteiger partial charge in [-0.05, 0) is 104 Å². The van der Waals surface area contributed by atoms with E-state index in [-0.39, 0.29) is 11.4 Å². The Morgan fingerprint density at radius 3 is 1.23 bits per heavy atom. The molecule has 8 aromatic rings. The standard InChI is InChI=1S/C40H25N3O4/c44-42(45)35-20-10-28(11-21-35)26-6-16-33(17-7-26)41(34-18-8-27(9-19-34)29-12-22-36(23-13-29)43(46)47)38-25-15-32-5-4-30-2-1-3-31-14-24-37(38)40(32)39(30)31/h1-25H. The maximum Gasteiger partial charge on any atom is 0.269 e. The van der Waals surface area contributed by atoms with E-state index in [2.05, 4.69) is 83.8 Å². The number of hydrogen-bond donors (Lipinski definition) is 0. The van der Waals surface area contributed by atoms with Crippen LogP contribution in [-0.2, 0) is 0 Å². The first-order chi connectivity index (χ1) is 22.9. The van der Waals surface area contributed by atoms with Crippen LogP contribution in [0.4, 0.5) is 28.4 Å². The summed E-state index contributed by atoms with van der Waals surface area (Å²) in [6.07, 6.45) is 0. The lowest BCUT2D eigenvalue weighted by Crippen LogP contribution is -2.10. The Morgan fingerprint density at radius 1 is 0.404 bits per heavy atom. The van der Waals surface area contributed by atoms with Gasteiger partial charge < -0.3 is 4.90 Å². The molecule has 0 fully saturated rings. The van der Waals surface area contributed by atoms with Gasteiger partial charge in [-0.3, -0.25) is 20.2 Å². The fourth-order valence-corrected chi connectivity index (χ4v) is 6.50. The molecule has 0 bridgehead atoms. The molecule has 47 heavy (non-hydrogen) atoms. The van der Waals surface area contributed by atoms with Crippen LogP contribution in [0.5, 0.6) is 0 Å². The van der Waals surface area contributed by atoms with E-state index < -0.39 is 9.85 Å². The molecule has 0 spiro atoms. The second-order valence-electron chi connectivity index (χ2n) is 11.5. The van der Waals surface area contributed by atoms with E-state index in [9.17, 15) is 20.2 Å². The van der Waals surface area contributed by atoms with Crippen molar-refractivity contribution in [3.63, 3.8) is 0 Å².